The van der Waals surface area contributed by atoms with Gasteiger partial charge in [-0.15, -0.1) is 0 Å². The number of carbonyl (C=O) groups is 1. The molecule has 0 unspecified atom stereocenters. The lowest BCUT2D eigenvalue weighted by Gasteiger charge is -2.11. The largest absolute Gasteiger partial charge is 0.321 e. The van der Waals surface area contributed by atoms with Crippen LogP contribution in [0.5, 0.6) is 0 Å². The van der Waals surface area contributed by atoms with Crippen LogP contribution in [0.2, 0.25) is 0 Å². The fourth-order valence-electron chi connectivity index (χ4n) is 1.80. The van der Waals surface area contributed by atoms with E-state index in [0.29, 0.717) is 5.56 Å². The van der Waals surface area contributed by atoms with Crippen LogP contribution in [0.1, 0.15) is 27.2 Å². The molecule has 2 aromatic rings. The Bertz CT molecular complexity index is 553. The summed E-state index contributed by atoms with van der Waals surface area (Å²) in [4.78, 5) is 16.2. The minimum Gasteiger partial charge on any atom is -0.321 e. The monoisotopic (exact) mass is 240 g/mol. The van der Waals surface area contributed by atoms with Crippen molar-refractivity contribution >= 4 is 11.6 Å². The second kappa shape index (κ2) is 5.00. The number of hydrogen-bond acceptors (Lipinski definition) is 2. The zero-order chi connectivity index (χ0) is 13.1. The number of aryl methyl sites for hydroxylation is 3. The van der Waals surface area contributed by atoms with Crippen LogP contribution in [0.4, 0.5) is 5.69 Å². The Balaban J connectivity index is 2.24. The number of benzene rings is 1. The Morgan fingerprint density at radius 3 is 2.28 bits per heavy atom. The third-order valence-corrected chi connectivity index (χ3v) is 2.89. The van der Waals surface area contributed by atoms with Gasteiger partial charge in [0.2, 0.25) is 0 Å². The molecular weight excluding hydrogens is 224 g/mol. The van der Waals surface area contributed by atoms with Gasteiger partial charge in [0.05, 0.1) is 5.56 Å². The van der Waals surface area contributed by atoms with Crippen LogP contribution in [-0.4, -0.2) is 10.9 Å². The van der Waals surface area contributed by atoms with Gasteiger partial charge in [0.1, 0.15) is 0 Å². The number of amides is 1. The molecule has 1 heterocycles. The lowest BCUT2D eigenvalue weighted by molar-refractivity contribution is 0.102. The van der Waals surface area contributed by atoms with Crippen molar-refractivity contribution in [2.75, 3.05) is 5.32 Å². The maximum absolute atomic E-state index is 12.1. The molecule has 3 nitrogen and oxygen atoms in total. The van der Waals surface area contributed by atoms with E-state index >= 15 is 0 Å². The van der Waals surface area contributed by atoms with Gasteiger partial charge in [0.15, 0.2) is 0 Å². The van der Waals surface area contributed by atoms with Gasteiger partial charge in [0, 0.05) is 17.6 Å². The number of nitrogens with zero attached hydrogens (tertiary/aromatic N) is 1. The van der Waals surface area contributed by atoms with Crippen LogP contribution in [0.3, 0.4) is 0 Å². The highest BCUT2D eigenvalue weighted by molar-refractivity contribution is 6.04. The molecule has 0 radical (unpaired) electrons. The van der Waals surface area contributed by atoms with Crippen LogP contribution >= 0.6 is 0 Å². The minimum atomic E-state index is -0.125. The molecule has 0 aliphatic heterocycles. The molecular formula is C15H16N2O. The quantitative estimate of drug-likeness (QED) is 0.875. The summed E-state index contributed by atoms with van der Waals surface area (Å²) in [5.74, 6) is -0.125. The van der Waals surface area contributed by atoms with E-state index in [1.54, 1.807) is 12.3 Å². The van der Waals surface area contributed by atoms with Gasteiger partial charge >= 0.3 is 0 Å². The number of rotatable bonds is 2. The average molecular weight is 240 g/mol. The number of anilines is 1. The summed E-state index contributed by atoms with van der Waals surface area (Å²) >= 11 is 0. The van der Waals surface area contributed by atoms with Crippen molar-refractivity contribution in [3.8, 4) is 0 Å². The Kier molecular flexibility index (Phi) is 3.42. The molecule has 0 aliphatic carbocycles. The van der Waals surface area contributed by atoms with Gasteiger partial charge < -0.3 is 5.32 Å². The zero-order valence-electron chi connectivity index (χ0n) is 10.8. The van der Waals surface area contributed by atoms with Gasteiger partial charge in [-0.2, -0.15) is 0 Å². The molecule has 92 valence electrons. The van der Waals surface area contributed by atoms with Crippen molar-refractivity contribution in [1.29, 1.82) is 0 Å². The van der Waals surface area contributed by atoms with Crippen molar-refractivity contribution in [3.05, 3.63) is 58.9 Å². The van der Waals surface area contributed by atoms with Crippen LogP contribution in [0.15, 0.2) is 36.5 Å². The number of nitrogens with one attached hydrogen (secondary N) is 1. The number of carbonyl (C=O) groups excluding carboxylic acids is 1. The predicted octanol–water partition coefficient (Wildman–Crippen LogP) is 3.26. The van der Waals surface area contributed by atoms with Crippen LogP contribution in [-0.2, 0) is 0 Å². The summed E-state index contributed by atoms with van der Waals surface area (Å²) in [5, 5.41) is 2.94. The SMILES string of the molecule is Cc1ccc(C(=O)Nc2c(C)cccc2C)cn1. The van der Waals surface area contributed by atoms with Gasteiger partial charge in [-0.3, -0.25) is 9.78 Å². The van der Waals surface area contributed by atoms with Crippen molar-refractivity contribution in [2.24, 2.45) is 0 Å². The number of pyridine rings is 1. The van der Waals surface area contributed by atoms with Crippen LogP contribution in [0, 0.1) is 20.8 Å². The summed E-state index contributed by atoms with van der Waals surface area (Å²) in [6.45, 7) is 5.86. The lowest BCUT2D eigenvalue weighted by Crippen LogP contribution is -2.14. The lowest BCUT2D eigenvalue weighted by atomic mass is 10.1. The highest BCUT2D eigenvalue weighted by atomic mass is 16.1. The van der Waals surface area contributed by atoms with E-state index < -0.39 is 0 Å². The molecule has 0 saturated carbocycles. The molecule has 1 amide bonds. The van der Waals surface area contributed by atoms with Crippen molar-refractivity contribution in [2.45, 2.75) is 20.8 Å². The Morgan fingerprint density at radius 1 is 1.06 bits per heavy atom. The van der Waals surface area contributed by atoms with E-state index in [0.717, 1.165) is 22.5 Å². The maximum Gasteiger partial charge on any atom is 0.257 e. The summed E-state index contributed by atoms with van der Waals surface area (Å²) in [5.41, 5.74) is 4.47. The fourth-order valence-corrected chi connectivity index (χ4v) is 1.80. The molecule has 0 aliphatic rings. The first-order chi connectivity index (χ1) is 8.58. The molecule has 18 heavy (non-hydrogen) atoms. The number of hydrogen-bond donors (Lipinski definition) is 1. The Hall–Kier alpha value is -2.16. The van der Waals surface area contributed by atoms with Crippen molar-refractivity contribution < 1.29 is 4.79 Å². The summed E-state index contributed by atoms with van der Waals surface area (Å²) in [7, 11) is 0. The van der Waals surface area contributed by atoms with Gasteiger partial charge in [-0.25, -0.2) is 0 Å². The topological polar surface area (TPSA) is 42.0 Å². The van der Waals surface area contributed by atoms with E-state index in [-0.39, 0.29) is 5.91 Å². The minimum absolute atomic E-state index is 0.125. The third kappa shape index (κ3) is 2.56. The molecule has 0 spiro atoms. The summed E-state index contributed by atoms with van der Waals surface area (Å²) < 4.78 is 0. The number of para-hydroxylation sites is 1. The second-order valence-electron chi connectivity index (χ2n) is 4.41. The van der Waals surface area contributed by atoms with E-state index in [9.17, 15) is 4.79 Å². The first kappa shape index (κ1) is 12.3. The van der Waals surface area contributed by atoms with Crippen LogP contribution < -0.4 is 5.32 Å². The van der Waals surface area contributed by atoms with E-state index in [2.05, 4.69) is 10.3 Å². The first-order valence-electron chi connectivity index (χ1n) is 5.88. The molecule has 0 bridgehead atoms. The molecule has 0 saturated heterocycles. The second-order valence-corrected chi connectivity index (χ2v) is 4.41. The summed E-state index contributed by atoms with van der Waals surface area (Å²) in [6, 6.07) is 9.56. The van der Waals surface area contributed by atoms with Gasteiger partial charge in [0.25, 0.3) is 5.91 Å². The highest BCUT2D eigenvalue weighted by Gasteiger charge is 2.09. The highest BCUT2D eigenvalue weighted by Crippen LogP contribution is 2.20. The molecule has 2 rings (SSSR count). The average Bonchev–Trinajstić information content (AvgIpc) is 2.34. The maximum atomic E-state index is 12.1. The van der Waals surface area contributed by atoms with Gasteiger partial charge in [-0.1, -0.05) is 18.2 Å². The predicted molar refractivity (Wildman–Crippen MR) is 72.8 cm³/mol. The van der Waals surface area contributed by atoms with E-state index in [1.807, 2.05) is 45.0 Å². The molecule has 0 atom stereocenters. The molecule has 1 N–H and O–H groups in total. The van der Waals surface area contributed by atoms with Gasteiger partial charge in [-0.05, 0) is 44.0 Å². The molecule has 1 aromatic carbocycles. The Labute approximate surface area is 107 Å². The molecule has 0 fully saturated rings. The summed E-state index contributed by atoms with van der Waals surface area (Å²) in [6.07, 6.45) is 1.60. The molecule has 1 aromatic heterocycles. The Morgan fingerprint density at radius 2 is 1.72 bits per heavy atom. The molecule has 3 heteroatoms. The zero-order valence-corrected chi connectivity index (χ0v) is 10.8. The van der Waals surface area contributed by atoms with Crippen LogP contribution in [0.25, 0.3) is 0 Å². The van der Waals surface area contributed by atoms with E-state index in [4.69, 9.17) is 0 Å². The first-order valence-corrected chi connectivity index (χ1v) is 5.88. The van der Waals surface area contributed by atoms with Crippen molar-refractivity contribution in [3.63, 3.8) is 0 Å². The van der Waals surface area contributed by atoms with Crippen molar-refractivity contribution in [1.82, 2.24) is 4.98 Å². The third-order valence-electron chi connectivity index (χ3n) is 2.89. The standard InChI is InChI=1S/C15H16N2O/c1-10-5-4-6-11(2)14(10)17-15(18)13-8-7-12(3)16-9-13/h4-9H,1-3H3,(H,17,18). The normalized spacial score (nSPS) is 10.2. The smallest absolute Gasteiger partial charge is 0.257 e. The number of aromatic nitrogens is 1. The van der Waals surface area contributed by atoms with E-state index in [1.165, 1.54) is 0 Å². The fraction of sp³-hybridized carbons (Fsp3) is 0.200.